The SMILES string of the molecule is C#CC(OC)C(NC(=O)OC)C(=O)N1CCCC1c1nc2cc(-c3ccc(-c4ccc5nc(C6CCCN6C(=O)C(NC(=O)OC)C(C)OC)[nH]c5c4)nn3)cc(C3CCN(C(=O)C(NC(=O)OC)C(C)OC)C3c3nc4ccc(-c5cnc(-c6ccc7nc(C8CCCN8C(=O)C(NC(=O)OC)C(C)OC)[nH]c7c6)nc5)cc4[nH]3)c2[nH]1. The second-order valence-corrected chi connectivity index (χ2v) is 29.3. The van der Waals surface area contributed by atoms with Gasteiger partial charge in [0, 0.05) is 95.2 Å². The molecule has 4 aromatic carbocycles. The molecule has 4 aliphatic rings. The summed E-state index contributed by atoms with van der Waals surface area (Å²) in [6.45, 7) is 6.43. The number of benzene rings is 4. The maximum atomic E-state index is 15.6. The Morgan fingerprint density at radius 3 is 1.29 bits per heavy atom. The van der Waals surface area contributed by atoms with Crippen LogP contribution >= 0.6 is 0 Å². The summed E-state index contributed by atoms with van der Waals surface area (Å²) in [7, 11) is 10.6. The third kappa shape index (κ3) is 16.3. The summed E-state index contributed by atoms with van der Waals surface area (Å²) in [5.74, 6) is 2.68. The Kier molecular flexibility index (Phi) is 24.0. The van der Waals surface area contributed by atoms with Gasteiger partial charge in [-0.2, -0.15) is 0 Å². The predicted molar refractivity (Wildman–Crippen MR) is 424 cm³/mol. The molecule has 0 aliphatic carbocycles. The predicted octanol–water partition coefficient (Wildman–Crippen LogP) is 8.14. The van der Waals surface area contributed by atoms with E-state index in [9.17, 15) is 33.6 Å². The van der Waals surface area contributed by atoms with E-state index in [1.54, 1.807) is 52.8 Å². The van der Waals surface area contributed by atoms with E-state index in [2.05, 4.69) is 47.1 Å². The molecule has 0 saturated carbocycles. The van der Waals surface area contributed by atoms with E-state index in [-0.39, 0.29) is 30.9 Å². The molecule has 14 rings (SSSR count). The lowest BCUT2D eigenvalue weighted by Gasteiger charge is -2.32. The first-order valence-electron chi connectivity index (χ1n) is 38.5. The lowest BCUT2D eigenvalue weighted by molar-refractivity contribution is -0.138. The molecule has 4 fully saturated rings. The van der Waals surface area contributed by atoms with E-state index >= 15 is 4.79 Å². The summed E-state index contributed by atoms with van der Waals surface area (Å²) in [4.78, 5) is 160. The Balaban J connectivity index is 0.806. The Hall–Kier alpha value is -12.7. The Bertz CT molecular complexity index is 5430. The van der Waals surface area contributed by atoms with Gasteiger partial charge in [0.15, 0.2) is 5.82 Å². The number of fused-ring (bicyclic) bond motifs is 4. The number of rotatable bonds is 25. The van der Waals surface area contributed by atoms with E-state index in [0.29, 0.717) is 164 Å². The van der Waals surface area contributed by atoms with Crippen molar-refractivity contribution in [1.29, 1.82) is 0 Å². The van der Waals surface area contributed by atoms with Gasteiger partial charge in [-0.05, 0) is 144 Å². The van der Waals surface area contributed by atoms with E-state index in [4.69, 9.17) is 84.4 Å². The lowest BCUT2D eigenvalue weighted by Crippen LogP contribution is -2.54. The smallest absolute Gasteiger partial charge is 0.407 e. The normalized spacial score (nSPS) is 19.5. The molecule has 612 valence electrons. The fourth-order valence-electron chi connectivity index (χ4n) is 16.3. The van der Waals surface area contributed by atoms with Crippen LogP contribution in [-0.2, 0) is 57.1 Å². The number of amides is 8. The number of H-pyrrole nitrogens is 4. The number of ether oxygens (including phenoxy) is 8. The summed E-state index contributed by atoms with van der Waals surface area (Å²) >= 11 is 0. The fraction of sp³-hybridized carbons (Fsp3) is 0.432. The average molecular weight is 1600 g/mol. The molecule has 36 nitrogen and oxygen atoms in total. The second-order valence-electron chi connectivity index (χ2n) is 29.3. The molecule has 117 heavy (non-hydrogen) atoms. The quantitative estimate of drug-likeness (QED) is 0.0197. The minimum atomic E-state index is -1.33. The molecule has 13 atom stereocenters. The molecule has 8 amide bonds. The van der Waals surface area contributed by atoms with Crippen LogP contribution in [0, 0.1) is 12.3 Å². The number of alkyl carbamates (subject to hydrolysis) is 4. The molecule has 6 aromatic heterocycles. The van der Waals surface area contributed by atoms with Gasteiger partial charge >= 0.3 is 24.4 Å². The van der Waals surface area contributed by atoms with Crippen molar-refractivity contribution < 1.29 is 76.3 Å². The van der Waals surface area contributed by atoms with Crippen LogP contribution in [0.3, 0.4) is 0 Å². The van der Waals surface area contributed by atoms with Crippen LogP contribution in [0.2, 0.25) is 0 Å². The number of methoxy groups -OCH3 is 8. The summed E-state index contributed by atoms with van der Waals surface area (Å²) in [5, 5.41) is 20.2. The minimum Gasteiger partial charge on any atom is -0.453 e. The number of hydrogen-bond donors (Lipinski definition) is 8. The molecule has 10 aromatic rings. The van der Waals surface area contributed by atoms with Gasteiger partial charge in [0.05, 0.1) is 126 Å². The van der Waals surface area contributed by atoms with Crippen molar-refractivity contribution in [1.82, 2.24) is 101 Å². The van der Waals surface area contributed by atoms with Crippen LogP contribution in [0.1, 0.15) is 125 Å². The first-order chi connectivity index (χ1) is 56.6. The van der Waals surface area contributed by atoms with Gasteiger partial charge < -0.3 is 98.7 Å². The average Bonchev–Trinajstić information content (AvgIpc) is 1.59. The standard InChI is InChI=1S/C81H92N20O16/c1-13-62(113-8)67(95-81(109)117-12)77(105)100-31-16-19-61(100)72-90-58-37-46(51-27-26-50(96-97-51)44-21-24-52-56(35-44)87-70(84-52)59-17-14-29-98(59)74(102)63(40(2)110-5)92-78(106)114-9)33-49(66(58)91-72)48-28-32-101(76(104)65(42(4)112-7)94-80(108)116-11)68(48)73-86-54-23-20-43(34-55(54)89-73)47-38-82-69(83-39-47)45-22-25-53-57(36-45)88-71(85-53)60-18-15-30-99(60)75(103)64(41(3)111-6)93-79(107)115-10/h1,20-27,33-42,48,59-65,67-68H,14-19,28-32H2,2-12H3,(H,84,87)(H,85,88)(H,86,89)(H,90,91)(H,92,106)(H,93,107)(H,94,108)(H,95,109). The van der Waals surface area contributed by atoms with Gasteiger partial charge in [-0.15, -0.1) is 16.6 Å². The molecule has 0 radical (unpaired) electrons. The third-order valence-corrected chi connectivity index (χ3v) is 22.7. The zero-order valence-electron chi connectivity index (χ0n) is 66.4. The number of likely N-dealkylation sites (tertiary alicyclic amines) is 4. The number of imidazole rings is 4. The number of terminal acetylenes is 1. The summed E-state index contributed by atoms with van der Waals surface area (Å²) < 4.78 is 41.9. The Labute approximate surface area is 671 Å². The topological polar surface area (TPSA) is 438 Å². The highest BCUT2D eigenvalue weighted by molar-refractivity contribution is 5.93. The van der Waals surface area contributed by atoms with E-state index < -0.39 is 109 Å². The maximum absolute atomic E-state index is 15.6. The zero-order chi connectivity index (χ0) is 82.6. The first kappa shape index (κ1) is 80.9. The van der Waals surface area contributed by atoms with Gasteiger partial charge in [-0.1, -0.05) is 18.1 Å². The molecule has 0 spiro atoms. The highest BCUT2D eigenvalue weighted by atomic mass is 16.6. The zero-order valence-corrected chi connectivity index (χ0v) is 66.4. The second kappa shape index (κ2) is 34.8. The van der Waals surface area contributed by atoms with Gasteiger partial charge in [-0.25, -0.2) is 49.1 Å². The maximum Gasteiger partial charge on any atom is 0.407 e. The molecule has 10 heterocycles. The number of nitrogens with zero attached hydrogens (tertiary/aromatic N) is 12. The van der Waals surface area contributed by atoms with Crippen LogP contribution in [-0.4, -0.2) is 259 Å². The number of carbonyl (C=O) groups is 8. The number of aromatic amines is 4. The van der Waals surface area contributed by atoms with Crippen molar-refractivity contribution in [3.8, 4) is 57.4 Å². The lowest BCUT2D eigenvalue weighted by atomic mass is 9.88. The molecule has 8 N–H and O–H groups in total. The largest absolute Gasteiger partial charge is 0.453 e. The fourth-order valence-corrected chi connectivity index (χ4v) is 16.3. The molecular formula is C81H92N20O16. The van der Waals surface area contributed by atoms with Crippen LogP contribution in [0.4, 0.5) is 19.2 Å². The van der Waals surface area contributed by atoms with Crippen LogP contribution in [0.25, 0.3) is 89.2 Å². The minimum absolute atomic E-state index is 0.162. The number of carbonyl (C=O) groups excluding carboxylic acids is 8. The number of nitrogens with one attached hydrogen (secondary N) is 8. The van der Waals surface area contributed by atoms with Crippen molar-refractivity contribution in [2.24, 2.45) is 0 Å². The Morgan fingerprint density at radius 1 is 0.427 bits per heavy atom. The summed E-state index contributed by atoms with van der Waals surface area (Å²) in [5.41, 5.74) is 10.1. The molecule has 0 bridgehead atoms. The van der Waals surface area contributed by atoms with Crippen molar-refractivity contribution in [2.45, 2.75) is 144 Å². The van der Waals surface area contributed by atoms with Gasteiger partial charge in [0.1, 0.15) is 53.6 Å². The monoisotopic (exact) mass is 1600 g/mol. The summed E-state index contributed by atoms with van der Waals surface area (Å²) in [6, 6.07) is 17.7. The third-order valence-electron chi connectivity index (χ3n) is 22.7. The van der Waals surface area contributed by atoms with Crippen molar-refractivity contribution in [2.75, 3.05) is 83.1 Å². The van der Waals surface area contributed by atoms with Crippen molar-refractivity contribution >= 4 is 92.1 Å². The van der Waals surface area contributed by atoms with E-state index in [1.165, 1.54) is 56.9 Å². The molecule has 36 heteroatoms. The highest BCUT2D eigenvalue weighted by Crippen LogP contribution is 2.48. The van der Waals surface area contributed by atoms with Crippen LogP contribution < -0.4 is 21.3 Å². The summed E-state index contributed by atoms with van der Waals surface area (Å²) in [6.07, 6.45) is 6.92. The molecular weight excluding hydrogens is 1510 g/mol. The molecule has 4 saturated heterocycles. The van der Waals surface area contributed by atoms with E-state index in [0.717, 1.165) is 12.0 Å². The molecule has 4 aliphatic heterocycles. The van der Waals surface area contributed by atoms with Crippen molar-refractivity contribution in [3.63, 3.8) is 0 Å². The highest BCUT2D eigenvalue weighted by Gasteiger charge is 2.48. The van der Waals surface area contributed by atoms with E-state index in [1.807, 2.05) is 78.9 Å². The van der Waals surface area contributed by atoms with Crippen molar-refractivity contribution in [3.05, 3.63) is 120 Å². The van der Waals surface area contributed by atoms with Gasteiger partial charge in [0.25, 0.3) is 0 Å². The van der Waals surface area contributed by atoms with Crippen LogP contribution in [0.5, 0.6) is 0 Å². The molecule has 13 unspecified atom stereocenters. The van der Waals surface area contributed by atoms with Gasteiger partial charge in [-0.3, -0.25) is 19.2 Å². The number of aromatic nitrogens is 12. The Morgan fingerprint density at radius 2 is 0.829 bits per heavy atom. The first-order valence-corrected chi connectivity index (χ1v) is 38.5. The number of hydrogen-bond acceptors (Lipinski definition) is 24. The van der Waals surface area contributed by atoms with Gasteiger partial charge in [0.2, 0.25) is 23.6 Å². The van der Waals surface area contributed by atoms with Crippen LogP contribution in [0.15, 0.2) is 91.3 Å².